The van der Waals surface area contributed by atoms with Crippen LogP contribution in [0.15, 0.2) is 36.4 Å². The number of ether oxygens (including phenoxy) is 2. The smallest absolute Gasteiger partial charge is 0.231 e. The van der Waals surface area contributed by atoms with E-state index in [0.717, 1.165) is 5.69 Å². The fourth-order valence-corrected chi connectivity index (χ4v) is 2.29. The van der Waals surface area contributed by atoms with E-state index >= 15 is 0 Å². The maximum Gasteiger partial charge on any atom is 0.231 e. The van der Waals surface area contributed by atoms with E-state index in [0.29, 0.717) is 22.3 Å². The number of hydrogen-bond acceptors (Lipinski definition) is 3. The molecule has 1 aliphatic rings. The van der Waals surface area contributed by atoms with E-state index in [-0.39, 0.29) is 11.8 Å². The highest BCUT2D eigenvalue weighted by Gasteiger charge is 2.13. The summed E-state index contributed by atoms with van der Waals surface area (Å²) in [6.45, 7) is 0.215. The van der Waals surface area contributed by atoms with Crippen molar-refractivity contribution in [3.05, 3.63) is 47.2 Å². The minimum absolute atomic E-state index is 0.215. The van der Waals surface area contributed by atoms with Crippen molar-refractivity contribution in [1.82, 2.24) is 0 Å². The van der Waals surface area contributed by atoms with Crippen molar-refractivity contribution in [1.29, 1.82) is 0 Å². The molecule has 0 radical (unpaired) electrons. The molecule has 0 amide bonds. The van der Waals surface area contributed by atoms with Gasteiger partial charge in [-0.25, -0.2) is 4.39 Å². The van der Waals surface area contributed by atoms with E-state index in [4.69, 9.17) is 33.3 Å². The second-order valence-electron chi connectivity index (χ2n) is 4.27. The number of nitrogens with one attached hydrogen (secondary N) is 2. The van der Waals surface area contributed by atoms with Crippen LogP contribution in [-0.4, -0.2) is 11.9 Å². The first kappa shape index (κ1) is 13.9. The molecule has 0 saturated heterocycles. The molecule has 0 aromatic heterocycles. The zero-order chi connectivity index (χ0) is 14.8. The van der Waals surface area contributed by atoms with Crippen molar-refractivity contribution in [3.63, 3.8) is 0 Å². The van der Waals surface area contributed by atoms with Crippen molar-refractivity contribution in [3.8, 4) is 11.5 Å². The van der Waals surface area contributed by atoms with Gasteiger partial charge in [0.05, 0.1) is 10.7 Å². The molecule has 0 bridgehead atoms. The van der Waals surface area contributed by atoms with Crippen LogP contribution in [0.1, 0.15) is 0 Å². The Morgan fingerprint density at radius 2 is 1.90 bits per heavy atom. The van der Waals surface area contributed by atoms with Crippen LogP contribution in [0.4, 0.5) is 15.8 Å². The van der Waals surface area contributed by atoms with Crippen molar-refractivity contribution in [2.75, 3.05) is 17.4 Å². The van der Waals surface area contributed by atoms with Crippen molar-refractivity contribution < 1.29 is 13.9 Å². The van der Waals surface area contributed by atoms with Crippen molar-refractivity contribution >= 4 is 40.3 Å². The lowest BCUT2D eigenvalue weighted by Gasteiger charge is -2.12. The Morgan fingerprint density at radius 3 is 2.71 bits per heavy atom. The van der Waals surface area contributed by atoms with Crippen LogP contribution >= 0.6 is 23.8 Å². The maximum atomic E-state index is 13.0. The quantitative estimate of drug-likeness (QED) is 0.817. The average molecular weight is 325 g/mol. The zero-order valence-electron chi connectivity index (χ0n) is 10.7. The third-order valence-electron chi connectivity index (χ3n) is 2.81. The van der Waals surface area contributed by atoms with Crippen molar-refractivity contribution in [2.45, 2.75) is 0 Å². The van der Waals surface area contributed by atoms with Gasteiger partial charge in [0.25, 0.3) is 0 Å². The monoisotopic (exact) mass is 324 g/mol. The summed E-state index contributed by atoms with van der Waals surface area (Å²) in [5.41, 5.74) is 1.27. The Labute approximate surface area is 130 Å². The predicted octanol–water partition coefficient (Wildman–Crippen LogP) is 4.02. The van der Waals surface area contributed by atoms with Crippen LogP contribution in [0.2, 0.25) is 5.02 Å². The van der Waals surface area contributed by atoms with Gasteiger partial charge in [0.15, 0.2) is 16.6 Å². The van der Waals surface area contributed by atoms with Gasteiger partial charge >= 0.3 is 0 Å². The molecule has 1 aliphatic heterocycles. The second kappa shape index (κ2) is 5.75. The Hall–Kier alpha value is -2.05. The zero-order valence-corrected chi connectivity index (χ0v) is 12.2. The van der Waals surface area contributed by atoms with Crippen LogP contribution in [0, 0.1) is 5.82 Å². The summed E-state index contributed by atoms with van der Waals surface area (Å²) in [5, 5.41) is 6.49. The second-order valence-corrected chi connectivity index (χ2v) is 5.09. The SMILES string of the molecule is Fc1ccc(NC(=S)Nc2ccc3c(c2)OCO3)c(Cl)c1. The van der Waals surface area contributed by atoms with Gasteiger partial charge in [-0.15, -0.1) is 0 Å². The molecule has 0 aliphatic carbocycles. The number of rotatable bonds is 2. The molecule has 2 aromatic rings. The Morgan fingerprint density at radius 1 is 1.10 bits per heavy atom. The van der Waals surface area contributed by atoms with E-state index in [1.54, 1.807) is 12.1 Å². The van der Waals surface area contributed by atoms with Gasteiger partial charge in [0.1, 0.15) is 5.82 Å². The molecule has 4 nitrogen and oxygen atoms in total. The van der Waals surface area contributed by atoms with Crippen LogP contribution in [0.3, 0.4) is 0 Å². The van der Waals surface area contributed by atoms with Crippen LogP contribution < -0.4 is 20.1 Å². The van der Waals surface area contributed by atoms with Crippen LogP contribution in [0.25, 0.3) is 0 Å². The van der Waals surface area contributed by atoms with Gasteiger partial charge in [0.2, 0.25) is 6.79 Å². The fourth-order valence-electron chi connectivity index (χ4n) is 1.85. The number of thiocarbonyl (C=S) groups is 1. The maximum absolute atomic E-state index is 13.0. The van der Waals surface area contributed by atoms with E-state index < -0.39 is 5.82 Å². The molecule has 0 spiro atoms. The topological polar surface area (TPSA) is 42.5 Å². The number of fused-ring (bicyclic) bond motifs is 1. The molecule has 0 fully saturated rings. The highest BCUT2D eigenvalue weighted by atomic mass is 35.5. The van der Waals surface area contributed by atoms with Gasteiger partial charge in [0, 0.05) is 11.8 Å². The van der Waals surface area contributed by atoms with Gasteiger partial charge in [-0.2, -0.15) is 0 Å². The summed E-state index contributed by atoms with van der Waals surface area (Å²) in [7, 11) is 0. The third-order valence-corrected chi connectivity index (χ3v) is 3.33. The minimum atomic E-state index is -0.403. The van der Waals surface area contributed by atoms with Crippen LogP contribution in [-0.2, 0) is 0 Å². The van der Waals surface area contributed by atoms with E-state index in [9.17, 15) is 4.39 Å². The molecule has 0 unspecified atom stereocenters. The highest BCUT2D eigenvalue weighted by Crippen LogP contribution is 2.34. The average Bonchev–Trinajstić information content (AvgIpc) is 2.89. The largest absolute Gasteiger partial charge is 0.454 e. The normalized spacial score (nSPS) is 12.1. The minimum Gasteiger partial charge on any atom is -0.454 e. The number of halogens is 2. The van der Waals surface area contributed by atoms with E-state index in [1.807, 2.05) is 6.07 Å². The van der Waals surface area contributed by atoms with Gasteiger partial charge < -0.3 is 20.1 Å². The van der Waals surface area contributed by atoms with Crippen LogP contribution in [0.5, 0.6) is 11.5 Å². The molecule has 7 heteroatoms. The van der Waals surface area contributed by atoms with Gasteiger partial charge in [-0.3, -0.25) is 0 Å². The van der Waals surface area contributed by atoms with E-state index in [2.05, 4.69) is 10.6 Å². The summed E-state index contributed by atoms with van der Waals surface area (Å²) < 4.78 is 23.5. The van der Waals surface area contributed by atoms with Gasteiger partial charge in [-0.1, -0.05) is 11.6 Å². The molecule has 108 valence electrons. The summed E-state index contributed by atoms with van der Waals surface area (Å²) >= 11 is 11.1. The Kier molecular flexibility index (Phi) is 3.81. The molecule has 21 heavy (non-hydrogen) atoms. The summed E-state index contributed by atoms with van der Waals surface area (Å²) in [5.74, 6) is 0.948. The number of benzene rings is 2. The van der Waals surface area contributed by atoms with E-state index in [1.165, 1.54) is 18.2 Å². The standard InChI is InChI=1S/C14H10ClFN2O2S/c15-10-5-8(16)1-3-11(10)18-14(21)17-9-2-4-12-13(6-9)20-7-19-12/h1-6H,7H2,(H2,17,18,21). The number of hydrogen-bond donors (Lipinski definition) is 2. The first-order chi connectivity index (χ1) is 10.1. The Bertz CT molecular complexity index is 711. The molecule has 1 heterocycles. The Balaban J connectivity index is 1.69. The first-order valence-corrected chi connectivity index (χ1v) is 6.83. The summed E-state index contributed by atoms with van der Waals surface area (Å²) in [6.07, 6.45) is 0. The third kappa shape index (κ3) is 3.17. The molecule has 2 N–H and O–H groups in total. The molecule has 0 saturated carbocycles. The summed E-state index contributed by atoms with van der Waals surface area (Å²) in [6, 6.07) is 9.42. The number of anilines is 2. The molecule has 0 atom stereocenters. The lowest BCUT2D eigenvalue weighted by atomic mass is 10.3. The van der Waals surface area contributed by atoms with Crippen molar-refractivity contribution in [2.24, 2.45) is 0 Å². The highest BCUT2D eigenvalue weighted by molar-refractivity contribution is 7.80. The fraction of sp³-hybridized carbons (Fsp3) is 0.0714. The lowest BCUT2D eigenvalue weighted by molar-refractivity contribution is 0.174. The van der Waals surface area contributed by atoms with Gasteiger partial charge in [-0.05, 0) is 42.5 Å². The molecular formula is C14H10ClFN2O2S. The lowest BCUT2D eigenvalue weighted by Crippen LogP contribution is -2.19. The molecule has 2 aromatic carbocycles. The summed E-state index contributed by atoms with van der Waals surface area (Å²) in [4.78, 5) is 0. The molecular weight excluding hydrogens is 315 g/mol. The molecule has 3 rings (SSSR count). The predicted molar refractivity (Wildman–Crippen MR) is 83.8 cm³/mol. The first-order valence-electron chi connectivity index (χ1n) is 6.04.